The second-order valence-electron chi connectivity index (χ2n) is 4.29. The Morgan fingerprint density at radius 1 is 1.16 bits per heavy atom. The topological polar surface area (TPSA) is 40.8 Å². The van der Waals surface area contributed by atoms with Crippen LogP contribution in [0.1, 0.15) is 11.4 Å². The Morgan fingerprint density at radius 3 is 2.42 bits per heavy atom. The van der Waals surface area contributed by atoms with E-state index in [0.29, 0.717) is 11.5 Å². The summed E-state index contributed by atoms with van der Waals surface area (Å²) in [5.74, 6) is 0.0239. The quantitative estimate of drug-likeness (QED) is 0.639. The third-order valence-corrected chi connectivity index (χ3v) is 2.87. The van der Waals surface area contributed by atoms with E-state index < -0.39 is 0 Å². The van der Waals surface area contributed by atoms with Gasteiger partial charge in [-0.25, -0.2) is 4.39 Å². The molecule has 0 radical (unpaired) electrons. The summed E-state index contributed by atoms with van der Waals surface area (Å²) in [5, 5.41) is 10.8. The van der Waals surface area contributed by atoms with E-state index in [9.17, 15) is 4.39 Å². The van der Waals surface area contributed by atoms with Crippen LogP contribution >= 0.6 is 0 Å². The van der Waals surface area contributed by atoms with Gasteiger partial charge in [0.15, 0.2) is 0 Å². The molecule has 3 nitrogen and oxygen atoms in total. The predicted molar refractivity (Wildman–Crippen MR) is 76.2 cm³/mol. The van der Waals surface area contributed by atoms with E-state index in [1.54, 1.807) is 30.5 Å². The first-order valence-corrected chi connectivity index (χ1v) is 6.01. The van der Waals surface area contributed by atoms with Gasteiger partial charge in [-0.05, 0) is 44.2 Å². The number of hydrogen-bond acceptors (Lipinski definition) is 2. The number of anilines is 1. The maximum Gasteiger partial charge on any atom is 0.146 e. The van der Waals surface area contributed by atoms with E-state index in [-0.39, 0.29) is 5.82 Å². The first-order chi connectivity index (χ1) is 9.09. The van der Waals surface area contributed by atoms with Crippen molar-refractivity contribution in [3.8, 4) is 0 Å². The lowest BCUT2D eigenvalue weighted by Gasteiger charge is -2.07. The third-order valence-electron chi connectivity index (χ3n) is 2.87. The molecular weight excluding hydrogens is 241 g/mol. The molecule has 0 saturated heterocycles. The fourth-order valence-electron chi connectivity index (χ4n) is 1.91. The van der Waals surface area contributed by atoms with Crippen molar-refractivity contribution in [3.05, 3.63) is 65.9 Å². The van der Waals surface area contributed by atoms with Crippen molar-refractivity contribution in [2.75, 3.05) is 5.32 Å². The second-order valence-corrected chi connectivity index (χ2v) is 4.29. The molecule has 1 aromatic carbocycles. The number of hydrogen-bond donors (Lipinski definition) is 2. The summed E-state index contributed by atoms with van der Waals surface area (Å²) < 4.78 is 15.2. The summed E-state index contributed by atoms with van der Waals surface area (Å²) in [4.78, 5) is 0. The largest absolute Gasteiger partial charge is 0.359 e. The van der Waals surface area contributed by atoms with Crippen LogP contribution in [0, 0.1) is 25.1 Å². The molecule has 0 fully saturated rings. The number of halogens is 1. The summed E-state index contributed by atoms with van der Waals surface area (Å²) in [7, 11) is 0. The minimum atomic E-state index is -0.313. The highest BCUT2D eigenvalue weighted by Gasteiger charge is 2.03. The van der Waals surface area contributed by atoms with E-state index in [2.05, 4.69) is 5.32 Å². The minimum Gasteiger partial charge on any atom is -0.359 e. The monoisotopic (exact) mass is 257 g/mol. The lowest BCUT2D eigenvalue weighted by Crippen LogP contribution is -2.11. The van der Waals surface area contributed by atoms with Gasteiger partial charge in [0, 0.05) is 17.6 Å². The molecule has 2 aromatic rings. The Hall–Kier alpha value is -2.36. The van der Waals surface area contributed by atoms with Crippen molar-refractivity contribution < 1.29 is 4.39 Å². The Bertz CT molecular complexity index is 607. The lowest BCUT2D eigenvalue weighted by molar-refractivity contribution is 0.632. The normalized spacial score (nSPS) is 10.9. The van der Waals surface area contributed by atoms with Gasteiger partial charge in [0.1, 0.15) is 11.7 Å². The molecule has 0 aliphatic rings. The summed E-state index contributed by atoms with van der Waals surface area (Å²) in [5.41, 5.74) is 2.39. The highest BCUT2D eigenvalue weighted by Crippen LogP contribution is 2.12. The van der Waals surface area contributed by atoms with E-state index in [0.717, 1.165) is 11.4 Å². The number of rotatable bonds is 3. The average Bonchev–Trinajstić information content (AvgIpc) is 2.71. The van der Waals surface area contributed by atoms with Gasteiger partial charge in [-0.1, -0.05) is 12.1 Å². The number of nitrogens with zero attached hydrogens (tertiary/aromatic N) is 1. The molecule has 0 aliphatic heterocycles. The fourth-order valence-corrected chi connectivity index (χ4v) is 1.91. The summed E-state index contributed by atoms with van der Waals surface area (Å²) >= 11 is 0. The SMILES string of the molecule is Cc1ccc(C)n1C(=N)/C=C\Nc1ccccc1F. The molecule has 98 valence electrons. The average molecular weight is 257 g/mol. The molecule has 2 N–H and O–H groups in total. The lowest BCUT2D eigenvalue weighted by atomic mass is 10.3. The van der Waals surface area contributed by atoms with Crippen LogP contribution in [0.4, 0.5) is 10.1 Å². The van der Waals surface area contributed by atoms with Crippen molar-refractivity contribution in [1.82, 2.24) is 4.57 Å². The number of nitrogens with one attached hydrogen (secondary N) is 2. The molecule has 0 aliphatic carbocycles. The number of benzene rings is 1. The zero-order valence-electron chi connectivity index (χ0n) is 10.9. The van der Waals surface area contributed by atoms with E-state index >= 15 is 0 Å². The molecule has 0 spiro atoms. The highest BCUT2D eigenvalue weighted by molar-refractivity contribution is 5.93. The summed E-state index contributed by atoms with van der Waals surface area (Å²) in [6.45, 7) is 3.89. The van der Waals surface area contributed by atoms with Crippen molar-refractivity contribution in [2.24, 2.45) is 0 Å². The van der Waals surface area contributed by atoms with Crippen LogP contribution in [0.25, 0.3) is 0 Å². The Balaban J connectivity index is 2.08. The number of aromatic nitrogens is 1. The van der Waals surface area contributed by atoms with Crippen LogP contribution < -0.4 is 5.32 Å². The Morgan fingerprint density at radius 2 is 1.79 bits per heavy atom. The van der Waals surface area contributed by atoms with Crippen molar-refractivity contribution >= 4 is 11.5 Å². The standard InChI is InChI=1S/C15H16FN3/c1-11-7-8-12(2)19(11)15(17)9-10-18-14-6-4-3-5-13(14)16/h3-10,17-18H,1-2H3/b10-9-,17-15?. The first kappa shape index (κ1) is 13.1. The molecular formula is C15H16FN3. The highest BCUT2D eigenvalue weighted by atomic mass is 19.1. The number of para-hydroxylation sites is 1. The fraction of sp³-hybridized carbons (Fsp3) is 0.133. The van der Waals surface area contributed by atoms with Gasteiger partial charge in [-0.3, -0.25) is 5.41 Å². The summed E-state index contributed by atoms with van der Waals surface area (Å²) in [6, 6.07) is 10.4. The van der Waals surface area contributed by atoms with Gasteiger partial charge in [-0.2, -0.15) is 0 Å². The minimum absolute atomic E-state index is 0.313. The van der Waals surface area contributed by atoms with Gasteiger partial charge >= 0.3 is 0 Å². The number of allylic oxidation sites excluding steroid dienone is 1. The van der Waals surface area contributed by atoms with Crippen LogP contribution in [0.15, 0.2) is 48.7 Å². The Labute approximate surface area is 111 Å². The molecule has 19 heavy (non-hydrogen) atoms. The zero-order valence-corrected chi connectivity index (χ0v) is 10.9. The van der Waals surface area contributed by atoms with Crippen LogP contribution in [0.5, 0.6) is 0 Å². The molecule has 0 bridgehead atoms. The second kappa shape index (κ2) is 5.52. The van der Waals surface area contributed by atoms with Crippen molar-refractivity contribution in [3.63, 3.8) is 0 Å². The molecule has 0 unspecified atom stereocenters. The van der Waals surface area contributed by atoms with E-state index in [1.165, 1.54) is 6.07 Å². The van der Waals surface area contributed by atoms with Crippen molar-refractivity contribution in [1.29, 1.82) is 5.41 Å². The van der Waals surface area contributed by atoms with Gasteiger partial charge < -0.3 is 9.88 Å². The van der Waals surface area contributed by atoms with E-state index in [1.807, 2.05) is 30.5 Å². The van der Waals surface area contributed by atoms with Crippen molar-refractivity contribution in [2.45, 2.75) is 13.8 Å². The zero-order chi connectivity index (χ0) is 13.8. The molecule has 2 rings (SSSR count). The van der Waals surface area contributed by atoms with Gasteiger partial charge in [0.05, 0.1) is 5.69 Å². The maximum absolute atomic E-state index is 13.4. The van der Waals surface area contributed by atoms with Crippen LogP contribution in [0.3, 0.4) is 0 Å². The smallest absolute Gasteiger partial charge is 0.146 e. The van der Waals surface area contributed by atoms with Crippen LogP contribution in [-0.2, 0) is 0 Å². The first-order valence-electron chi connectivity index (χ1n) is 6.01. The van der Waals surface area contributed by atoms with E-state index in [4.69, 9.17) is 5.41 Å². The molecule has 1 heterocycles. The third kappa shape index (κ3) is 2.91. The number of aryl methyl sites for hydroxylation is 2. The predicted octanol–water partition coefficient (Wildman–Crippen LogP) is 3.70. The van der Waals surface area contributed by atoms with Gasteiger partial charge in [-0.15, -0.1) is 0 Å². The molecule has 0 atom stereocenters. The van der Waals surface area contributed by atoms with Crippen LogP contribution in [-0.4, -0.2) is 10.4 Å². The summed E-state index contributed by atoms with van der Waals surface area (Å²) in [6.07, 6.45) is 3.17. The Kier molecular flexibility index (Phi) is 3.80. The molecule has 4 heteroatoms. The van der Waals surface area contributed by atoms with Crippen LogP contribution in [0.2, 0.25) is 0 Å². The van der Waals surface area contributed by atoms with Gasteiger partial charge in [0.2, 0.25) is 0 Å². The van der Waals surface area contributed by atoms with Gasteiger partial charge in [0.25, 0.3) is 0 Å². The molecule has 0 amide bonds. The molecule has 1 aromatic heterocycles. The maximum atomic E-state index is 13.4. The molecule has 0 saturated carbocycles.